The van der Waals surface area contributed by atoms with Crippen molar-refractivity contribution in [1.29, 1.82) is 0 Å². The minimum atomic E-state index is -0.188. The van der Waals surface area contributed by atoms with Crippen molar-refractivity contribution in [2.45, 2.75) is 91.4 Å². The molecule has 3 aromatic rings. The molecule has 4 rings (SSSR count). The predicted octanol–water partition coefficient (Wildman–Crippen LogP) is 4.22. The van der Waals surface area contributed by atoms with Gasteiger partial charge in [-0.25, -0.2) is 4.68 Å². The van der Waals surface area contributed by atoms with Crippen molar-refractivity contribution in [3.63, 3.8) is 0 Å². The normalized spacial score (nSPS) is 15.8. The molecule has 1 aromatic carbocycles. The zero-order valence-corrected chi connectivity index (χ0v) is 19.4. The van der Waals surface area contributed by atoms with Crippen LogP contribution in [-0.2, 0) is 18.6 Å². The van der Waals surface area contributed by atoms with Crippen LogP contribution >= 0.6 is 0 Å². The number of rotatable bonds is 5. The summed E-state index contributed by atoms with van der Waals surface area (Å²) in [6.45, 7) is 11.7. The number of benzene rings is 1. The maximum absolute atomic E-state index is 13.0. The Labute approximate surface area is 183 Å². The van der Waals surface area contributed by atoms with Crippen LogP contribution in [0.5, 0.6) is 0 Å². The Bertz CT molecular complexity index is 1120. The van der Waals surface area contributed by atoms with Gasteiger partial charge in [-0.2, -0.15) is 0 Å². The van der Waals surface area contributed by atoms with E-state index in [2.05, 4.69) is 71.3 Å². The lowest BCUT2D eigenvalue weighted by molar-refractivity contribution is 0.130. The van der Waals surface area contributed by atoms with E-state index in [-0.39, 0.29) is 11.1 Å². The van der Waals surface area contributed by atoms with E-state index in [1.165, 1.54) is 24.8 Å². The third-order valence-electron chi connectivity index (χ3n) is 6.50. The zero-order valence-electron chi connectivity index (χ0n) is 19.4. The first kappa shape index (κ1) is 21.7. The topological polar surface area (TPSA) is 79.7 Å². The van der Waals surface area contributed by atoms with E-state index in [0.29, 0.717) is 19.1 Å². The molecule has 2 heterocycles. The molecular weight excluding hydrogens is 388 g/mol. The summed E-state index contributed by atoms with van der Waals surface area (Å²) >= 11 is 0. The Hall–Kier alpha value is -2.54. The monoisotopic (exact) mass is 422 g/mol. The quantitative estimate of drug-likeness (QED) is 0.666. The van der Waals surface area contributed by atoms with Gasteiger partial charge in [0.15, 0.2) is 5.82 Å². The molecule has 0 atom stereocenters. The van der Waals surface area contributed by atoms with E-state index in [1.807, 2.05) is 11.6 Å². The smallest absolute Gasteiger partial charge is 0.252 e. The molecule has 1 aliphatic carbocycles. The fourth-order valence-corrected chi connectivity index (χ4v) is 4.72. The van der Waals surface area contributed by atoms with Gasteiger partial charge in [0, 0.05) is 23.5 Å². The number of aromatic amines is 1. The van der Waals surface area contributed by atoms with Crippen LogP contribution < -0.4 is 5.56 Å². The highest BCUT2D eigenvalue weighted by Crippen LogP contribution is 2.27. The predicted molar refractivity (Wildman–Crippen MR) is 123 cm³/mol. The molecule has 0 spiro atoms. The number of H-pyrrole nitrogens is 1. The summed E-state index contributed by atoms with van der Waals surface area (Å²) in [4.78, 5) is 18.6. The fourth-order valence-electron chi connectivity index (χ4n) is 4.72. The van der Waals surface area contributed by atoms with Crippen molar-refractivity contribution in [2.75, 3.05) is 0 Å². The molecule has 0 radical (unpaired) electrons. The number of aromatic nitrogens is 5. The molecule has 0 aliphatic heterocycles. The maximum Gasteiger partial charge on any atom is 0.252 e. The van der Waals surface area contributed by atoms with Crippen molar-refractivity contribution in [1.82, 2.24) is 30.1 Å². The van der Waals surface area contributed by atoms with Crippen molar-refractivity contribution in [3.8, 4) is 0 Å². The summed E-state index contributed by atoms with van der Waals surface area (Å²) in [5.74, 6) is 0.849. The van der Waals surface area contributed by atoms with Crippen LogP contribution in [-0.4, -0.2) is 36.1 Å². The molecule has 0 amide bonds. The Kier molecular flexibility index (Phi) is 5.97. The minimum Gasteiger partial charge on any atom is -0.321 e. The van der Waals surface area contributed by atoms with Crippen LogP contribution in [0, 0.1) is 13.8 Å². The minimum absolute atomic E-state index is 0.00239. The molecule has 1 fully saturated rings. The number of fused-ring (bicyclic) bond motifs is 1. The van der Waals surface area contributed by atoms with Crippen molar-refractivity contribution < 1.29 is 0 Å². The molecule has 1 saturated carbocycles. The average molecular weight is 423 g/mol. The third kappa shape index (κ3) is 4.56. The van der Waals surface area contributed by atoms with Crippen LogP contribution in [0.25, 0.3) is 10.9 Å². The van der Waals surface area contributed by atoms with E-state index < -0.39 is 0 Å². The molecular formula is C24H34N6O. The second-order valence-electron chi connectivity index (χ2n) is 9.99. The Morgan fingerprint density at radius 2 is 1.81 bits per heavy atom. The lowest BCUT2D eigenvalue weighted by Gasteiger charge is -2.34. The molecule has 166 valence electrons. The van der Waals surface area contributed by atoms with Gasteiger partial charge in [-0.15, -0.1) is 5.10 Å². The van der Waals surface area contributed by atoms with Gasteiger partial charge in [-0.3, -0.25) is 9.69 Å². The van der Waals surface area contributed by atoms with Gasteiger partial charge >= 0.3 is 0 Å². The highest BCUT2D eigenvalue weighted by Gasteiger charge is 2.27. The molecule has 1 N–H and O–H groups in total. The highest BCUT2D eigenvalue weighted by molar-refractivity contribution is 5.85. The summed E-state index contributed by atoms with van der Waals surface area (Å²) in [5.41, 5.74) is 3.83. The van der Waals surface area contributed by atoms with Gasteiger partial charge in [0.05, 0.1) is 17.6 Å². The van der Waals surface area contributed by atoms with Crippen LogP contribution in [0.3, 0.4) is 0 Å². The van der Waals surface area contributed by atoms with Crippen molar-refractivity contribution in [3.05, 3.63) is 51.1 Å². The Morgan fingerprint density at radius 1 is 1.10 bits per heavy atom. The number of aryl methyl sites for hydroxylation is 2. The van der Waals surface area contributed by atoms with Gasteiger partial charge in [-0.05, 0) is 75.1 Å². The molecule has 1 aliphatic rings. The van der Waals surface area contributed by atoms with Gasteiger partial charge < -0.3 is 4.98 Å². The van der Waals surface area contributed by atoms with E-state index in [9.17, 15) is 4.79 Å². The van der Waals surface area contributed by atoms with Crippen LogP contribution in [0.4, 0.5) is 0 Å². The first-order chi connectivity index (χ1) is 14.7. The third-order valence-corrected chi connectivity index (χ3v) is 6.50. The van der Waals surface area contributed by atoms with Gasteiger partial charge in [0.25, 0.3) is 5.56 Å². The molecule has 7 heteroatoms. The van der Waals surface area contributed by atoms with E-state index >= 15 is 0 Å². The van der Waals surface area contributed by atoms with E-state index in [0.717, 1.165) is 40.7 Å². The van der Waals surface area contributed by atoms with Crippen LogP contribution in [0.2, 0.25) is 0 Å². The zero-order chi connectivity index (χ0) is 22.2. The Balaban J connectivity index is 1.70. The number of tetrazole rings is 1. The van der Waals surface area contributed by atoms with Crippen LogP contribution in [0.1, 0.15) is 75.4 Å². The molecule has 0 unspecified atom stereocenters. The number of pyridine rings is 1. The fraction of sp³-hybridized carbons (Fsp3) is 0.583. The molecule has 0 bridgehead atoms. The molecule has 2 aromatic heterocycles. The van der Waals surface area contributed by atoms with Gasteiger partial charge in [0.1, 0.15) is 0 Å². The number of hydrogen-bond donors (Lipinski definition) is 1. The summed E-state index contributed by atoms with van der Waals surface area (Å²) in [5, 5.41) is 13.6. The Morgan fingerprint density at radius 3 is 2.52 bits per heavy atom. The number of nitrogens with zero attached hydrogens (tertiary/aromatic N) is 5. The largest absolute Gasteiger partial charge is 0.321 e. The lowest BCUT2D eigenvalue weighted by Crippen LogP contribution is -2.39. The van der Waals surface area contributed by atoms with E-state index in [4.69, 9.17) is 0 Å². The summed E-state index contributed by atoms with van der Waals surface area (Å²) < 4.78 is 1.90. The van der Waals surface area contributed by atoms with Crippen LogP contribution in [0.15, 0.2) is 23.0 Å². The van der Waals surface area contributed by atoms with Gasteiger partial charge in [-0.1, -0.05) is 31.4 Å². The number of nitrogens with one attached hydrogen (secondary N) is 1. The molecule has 31 heavy (non-hydrogen) atoms. The van der Waals surface area contributed by atoms with Crippen molar-refractivity contribution >= 4 is 10.9 Å². The van der Waals surface area contributed by atoms with E-state index in [1.54, 1.807) is 0 Å². The lowest BCUT2D eigenvalue weighted by atomic mass is 9.93. The SMILES string of the molecule is Cc1ccc(C)c2[nH]c(=O)c(CN(Cc3nnnn3C(C)(C)C)C3CCCCC3)cc12. The van der Waals surface area contributed by atoms with Crippen molar-refractivity contribution in [2.24, 2.45) is 0 Å². The van der Waals surface area contributed by atoms with Gasteiger partial charge in [0.2, 0.25) is 0 Å². The summed E-state index contributed by atoms with van der Waals surface area (Å²) in [7, 11) is 0. The first-order valence-corrected chi connectivity index (χ1v) is 11.4. The molecule has 7 nitrogen and oxygen atoms in total. The number of hydrogen-bond acceptors (Lipinski definition) is 5. The second kappa shape index (κ2) is 8.54. The first-order valence-electron chi connectivity index (χ1n) is 11.4. The highest BCUT2D eigenvalue weighted by atomic mass is 16.1. The standard InChI is InChI=1S/C24H34N6O/c1-16-11-12-17(2)22-20(16)13-18(23(31)25-22)14-29(19-9-7-6-8-10-19)15-21-26-27-28-30(21)24(3,4)5/h11-13,19H,6-10,14-15H2,1-5H3,(H,25,31). The summed E-state index contributed by atoms with van der Waals surface area (Å²) in [6, 6.07) is 6.70. The maximum atomic E-state index is 13.0. The second-order valence-corrected chi connectivity index (χ2v) is 9.99. The molecule has 0 saturated heterocycles. The summed E-state index contributed by atoms with van der Waals surface area (Å²) in [6.07, 6.45) is 6.07. The average Bonchev–Trinajstić information content (AvgIpc) is 3.21.